The Morgan fingerprint density at radius 2 is 2.17 bits per heavy atom. The van der Waals surface area contributed by atoms with Crippen LogP contribution in [0.1, 0.15) is 36.3 Å². The van der Waals surface area contributed by atoms with Gasteiger partial charge in [-0.15, -0.1) is 0 Å². The topological polar surface area (TPSA) is 62.7 Å². The van der Waals surface area contributed by atoms with E-state index in [1.165, 1.54) is 0 Å². The maximum absolute atomic E-state index is 12.8. The minimum absolute atomic E-state index is 0.0294. The van der Waals surface area contributed by atoms with Crippen LogP contribution in [0.2, 0.25) is 0 Å². The summed E-state index contributed by atoms with van der Waals surface area (Å²) in [6, 6.07) is 3.88. The maximum atomic E-state index is 12.8. The molecular weight excluding hydrogens is 306 g/mol. The SMILES string of the molecule is Cc1cccnc1C(=O)N1CC[C@@H]2OCC(=O)N(C(C)C)C[C@H]2C1. The van der Waals surface area contributed by atoms with Crippen LogP contribution in [0.5, 0.6) is 0 Å². The van der Waals surface area contributed by atoms with Gasteiger partial charge in [0, 0.05) is 37.8 Å². The van der Waals surface area contributed by atoms with E-state index in [-0.39, 0.29) is 36.5 Å². The Hall–Kier alpha value is -1.95. The van der Waals surface area contributed by atoms with Gasteiger partial charge >= 0.3 is 0 Å². The number of carbonyl (C=O) groups is 2. The smallest absolute Gasteiger partial charge is 0.272 e. The molecule has 0 bridgehead atoms. The summed E-state index contributed by atoms with van der Waals surface area (Å²) in [6.45, 7) is 7.98. The number of piperidine rings is 1. The number of aromatic nitrogens is 1. The molecule has 2 aliphatic heterocycles. The van der Waals surface area contributed by atoms with Crippen molar-refractivity contribution in [3.63, 3.8) is 0 Å². The number of pyridine rings is 1. The molecule has 1 aromatic rings. The van der Waals surface area contributed by atoms with Crippen molar-refractivity contribution in [2.24, 2.45) is 5.92 Å². The van der Waals surface area contributed by atoms with Gasteiger partial charge in [0.1, 0.15) is 12.3 Å². The molecule has 0 radical (unpaired) electrons. The summed E-state index contributed by atoms with van der Waals surface area (Å²) in [5.74, 6) is 0.164. The molecule has 2 aliphatic rings. The Kier molecular flexibility index (Phi) is 4.85. The average molecular weight is 331 g/mol. The zero-order chi connectivity index (χ0) is 17.3. The number of carbonyl (C=O) groups excluding carboxylic acids is 2. The highest BCUT2D eigenvalue weighted by Crippen LogP contribution is 2.26. The zero-order valence-corrected chi connectivity index (χ0v) is 14.6. The Morgan fingerprint density at radius 1 is 1.38 bits per heavy atom. The van der Waals surface area contributed by atoms with E-state index in [9.17, 15) is 9.59 Å². The Morgan fingerprint density at radius 3 is 2.88 bits per heavy atom. The lowest BCUT2D eigenvalue weighted by Gasteiger charge is -2.38. The Balaban J connectivity index is 1.75. The largest absolute Gasteiger partial charge is 0.368 e. The summed E-state index contributed by atoms with van der Waals surface area (Å²) in [6.07, 6.45) is 2.47. The van der Waals surface area contributed by atoms with E-state index in [2.05, 4.69) is 4.98 Å². The van der Waals surface area contributed by atoms with E-state index in [1.54, 1.807) is 6.20 Å². The summed E-state index contributed by atoms with van der Waals surface area (Å²) >= 11 is 0. The van der Waals surface area contributed by atoms with Gasteiger partial charge in [-0.2, -0.15) is 0 Å². The molecule has 0 aliphatic carbocycles. The van der Waals surface area contributed by atoms with Crippen molar-refractivity contribution in [2.45, 2.75) is 39.3 Å². The molecule has 3 rings (SSSR count). The summed E-state index contributed by atoms with van der Waals surface area (Å²) in [7, 11) is 0. The molecule has 130 valence electrons. The molecule has 0 N–H and O–H groups in total. The van der Waals surface area contributed by atoms with E-state index < -0.39 is 0 Å². The van der Waals surface area contributed by atoms with Crippen LogP contribution in [-0.4, -0.2) is 65.0 Å². The van der Waals surface area contributed by atoms with Crippen molar-refractivity contribution in [1.82, 2.24) is 14.8 Å². The fourth-order valence-electron chi connectivity index (χ4n) is 3.56. The highest BCUT2D eigenvalue weighted by Gasteiger charge is 2.38. The second-order valence-corrected chi connectivity index (χ2v) is 6.96. The zero-order valence-electron chi connectivity index (χ0n) is 14.6. The Labute approximate surface area is 142 Å². The summed E-state index contributed by atoms with van der Waals surface area (Å²) < 4.78 is 5.81. The molecule has 6 heteroatoms. The molecule has 0 spiro atoms. The molecule has 3 heterocycles. The summed E-state index contributed by atoms with van der Waals surface area (Å²) in [5, 5.41) is 0. The number of hydrogen-bond donors (Lipinski definition) is 0. The van der Waals surface area contributed by atoms with E-state index in [4.69, 9.17) is 4.74 Å². The minimum atomic E-state index is -0.0294. The first-order valence-electron chi connectivity index (χ1n) is 8.59. The third kappa shape index (κ3) is 3.29. The number of hydrogen-bond acceptors (Lipinski definition) is 4. The number of rotatable bonds is 2. The van der Waals surface area contributed by atoms with Crippen molar-refractivity contribution in [1.29, 1.82) is 0 Å². The molecule has 0 saturated carbocycles. The molecule has 2 fully saturated rings. The third-order valence-electron chi connectivity index (χ3n) is 4.96. The fraction of sp³-hybridized carbons (Fsp3) is 0.611. The van der Waals surface area contributed by atoms with Crippen LogP contribution in [0.4, 0.5) is 0 Å². The van der Waals surface area contributed by atoms with Crippen LogP contribution in [0.25, 0.3) is 0 Å². The number of aryl methyl sites for hydroxylation is 1. The van der Waals surface area contributed by atoms with Crippen molar-refractivity contribution in [3.05, 3.63) is 29.6 Å². The maximum Gasteiger partial charge on any atom is 0.272 e. The minimum Gasteiger partial charge on any atom is -0.368 e. The fourth-order valence-corrected chi connectivity index (χ4v) is 3.56. The number of amides is 2. The van der Waals surface area contributed by atoms with Crippen LogP contribution < -0.4 is 0 Å². The summed E-state index contributed by atoms with van der Waals surface area (Å²) in [4.78, 5) is 33.0. The van der Waals surface area contributed by atoms with Crippen molar-refractivity contribution in [3.8, 4) is 0 Å². The lowest BCUT2D eigenvalue weighted by atomic mass is 9.93. The number of fused-ring (bicyclic) bond motifs is 1. The monoisotopic (exact) mass is 331 g/mol. The molecule has 6 nitrogen and oxygen atoms in total. The van der Waals surface area contributed by atoms with Gasteiger partial charge in [-0.3, -0.25) is 14.6 Å². The van der Waals surface area contributed by atoms with E-state index in [0.29, 0.717) is 25.3 Å². The van der Waals surface area contributed by atoms with Gasteiger partial charge in [-0.25, -0.2) is 0 Å². The van der Waals surface area contributed by atoms with Gasteiger partial charge in [0.25, 0.3) is 5.91 Å². The highest BCUT2D eigenvalue weighted by molar-refractivity contribution is 5.93. The molecule has 0 aromatic carbocycles. The van der Waals surface area contributed by atoms with Crippen molar-refractivity contribution < 1.29 is 14.3 Å². The predicted molar refractivity (Wildman–Crippen MR) is 89.6 cm³/mol. The van der Waals surface area contributed by atoms with Crippen LogP contribution in [0.15, 0.2) is 18.3 Å². The van der Waals surface area contributed by atoms with Gasteiger partial charge in [-0.1, -0.05) is 6.07 Å². The molecule has 24 heavy (non-hydrogen) atoms. The molecule has 2 saturated heterocycles. The van der Waals surface area contributed by atoms with Gasteiger partial charge in [0.15, 0.2) is 0 Å². The van der Waals surface area contributed by atoms with Crippen LogP contribution >= 0.6 is 0 Å². The van der Waals surface area contributed by atoms with Crippen molar-refractivity contribution in [2.75, 3.05) is 26.2 Å². The van der Waals surface area contributed by atoms with E-state index >= 15 is 0 Å². The van der Waals surface area contributed by atoms with Gasteiger partial charge in [0.2, 0.25) is 5.91 Å². The lowest BCUT2D eigenvalue weighted by molar-refractivity contribution is -0.136. The van der Waals surface area contributed by atoms with E-state index in [0.717, 1.165) is 12.0 Å². The van der Waals surface area contributed by atoms with Gasteiger partial charge in [-0.05, 0) is 38.8 Å². The highest BCUT2D eigenvalue weighted by atomic mass is 16.5. The lowest BCUT2D eigenvalue weighted by Crippen LogP contribution is -2.50. The molecule has 0 unspecified atom stereocenters. The Bertz CT molecular complexity index is 632. The summed E-state index contributed by atoms with van der Waals surface area (Å²) in [5.41, 5.74) is 1.41. The van der Waals surface area contributed by atoms with Gasteiger partial charge in [0.05, 0.1) is 6.10 Å². The third-order valence-corrected chi connectivity index (χ3v) is 4.96. The molecular formula is C18H25N3O3. The van der Waals surface area contributed by atoms with Crippen molar-refractivity contribution >= 4 is 11.8 Å². The van der Waals surface area contributed by atoms with Crippen LogP contribution in [0, 0.1) is 12.8 Å². The van der Waals surface area contributed by atoms with Gasteiger partial charge < -0.3 is 14.5 Å². The first-order valence-corrected chi connectivity index (χ1v) is 8.59. The number of nitrogens with zero attached hydrogens (tertiary/aromatic N) is 3. The normalized spacial score (nSPS) is 24.8. The number of ether oxygens (including phenoxy) is 1. The average Bonchev–Trinajstić information content (AvgIpc) is 2.73. The quantitative estimate of drug-likeness (QED) is 0.824. The first-order chi connectivity index (χ1) is 11.5. The standard InChI is InChI=1S/C18H25N3O3/c1-12(2)21-10-14-9-20(8-6-15(14)24-11-16(21)22)18(23)17-13(3)5-4-7-19-17/h4-5,7,12,14-15H,6,8-11H2,1-3H3/t14-,15+/m1/s1. The molecule has 2 amide bonds. The number of likely N-dealkylation sites (tertiary alicyclic amines) is 1. The predicted octanol–water partition coefficient (Wildman–Crippen LogP) is 1.49. The first kappa shape index (κ1) is 16.9. The van der Waals surface area contributed by atoms with E-state index in [1.807, 2.05) is 42.7 Å². The van der Waals surface area contributed by atoms with Crippen LogP contribution in [-0.2, 0) is 9.53 Å². The second kappa shape index (κ2) is 6.89. The molecule has 2 atom stereocenters. The second-order valence-electron chi connectivity index (χ2n) is 6.96. The van der Waals surface area contributed by atoms with Crippen LogP contribution in [0.3, 0.4) is 0 Å². The molecule has 1 aromatic heterocycles.